The molecule has 0 spiro atoms. The maximum absolute atomic E-state index is 10.3. The van der Waals surface area contributed by atoms with Crippen molar-refractivity contribution >= 4 is 22.6 Å². The summed E-state index contributed by atoms with van der Waals surface area (Å²) in [5.74, 6) is 0.503. The number of fused-ring (bicyclic) bond motifs is 1. The Hall–Kier alpha value is -1.84. The molecule has 0 saturated heterocycles. The lowest BCUT2D eigenvalue weighted by atomic mass is 10.1. The molecule has 19 heavy (non-hydrogen) atoms. The Morgan fingerprint density at radius 3 is 2.84 bits per heavy atom. The number of hydrogen-bond donors (Lipinski definition) is 1. The average Bonchev–Trinajstić information content (AvgIpc) is 2.80. The predicted molar refractivity (Wildman–Crippen MR) is 74.3 cm³/mol. The van der Waals surface area contributed by atoms with Gasteiger partial charge in [-0.2, -0.15) is 0 Å². The van der Waals surface area contributed by atoms with E-state index < -0.39 is 6.10 Å². The SMILES string of the molecule is Cc1ccc2oc(C(O)c3ccnc(Cl)c3)cc2c1. The molecule has 0 aliphatic carbocycles. The summed E-state index contributed by atoms with van der Waals surface area (Å²) in [5, 5.41) is 11.6. The van der Waals surface area contributed by atoms with Gasteiger partial charge in [0.15, 0.2) is 0 Å². The van der Waals surface area contributed by atoms with Crippen LogP contribution < -0.4 is 0 Å². The van der Waals surface area contributed by atoms with E-state index in [-0.39, 0.29) is 0 Å². The number of furan rings is 1. The van der Waals surface area contributed by atoms with Crippen LogP contribution in [0.25, 0.3) is 11.0 Å². The molecule has 0 saturated carbocycles. The Labute approximate surface area is 115 Å². The van der Waals surface area contributed by atoms with E-state index in [0.29, 0.717) is 16.5 Å². The average molecular weight is 274 g/mol. The number of aryl methyl sites for hydroxylation is 1. The molecule has 1 atom stereocenters. The van der Waals surface area contributed by atoms with Gasteiger partial charge in [-0.1, -0.05) is 23.2 Å². The lowest BCUT2D eigenvalue weighted by Crippen LogP contribution is -1.98. The Morgan fingerprint density at radius 2 is 2.05 bits per heavy atom. The summed E-state index contributed by atoms with van der Waals surface area (Å²) < 4.78 is 5.67. The van der Waals surface area contributed by atoms with E-state index in [9.17, 15) is 5.11 Å². The molecule has 1 N–H and O–H groups in total. The maximum atomic E-state index is 10.3. The van der Waals surface area contributed by atoms with Crippen molar-refractivity contribution < 1.29 is 9.52 Å². The first-order valence-corrected chi connectivity index (χ1v) is 6.31. The number of pyridine rings is 1. The van der Waals surface area contributed by atoms with Crippen molar-refractivity contribution in [2.45, 2.75) is 13.0 Å². The van der Waals surface area contributed by atoms with Crippen LogP contribution in [-0.4, -0.2) is 10.1 Å². The normalized spacial score (nSPS) is 12.8. The minimum absolute atomic E-state index is 0.350. The molecule has 0 bridgehead atoms. The fourth-order valence-electron chi connectivity index (χ4n) is 2.07. The van der Waals surface area contributed by atoms with Gasteiger partial charge in [-0.3, -0.25) is 0 Å². The van der Waals surface area contributed by atoms with Gasteiger partial charge in [0.05, 0.1) is 0 Å². The highest BCUT2D eigenvalue weighted by atomic mass is 35.5. The van der Waals surface area contributed by atoms with E-state index in [1.807, 2.05) is 31.2 Å². The molecular formula is C15H12ClNO2. The molecule has 96 valence electrons. The standard InChI is InChI=1S/C15H12ClNO2/c1-9-2-3-12-11(6-9)7-13(19-12)15(18)10-4-5-17-14(16)8-10/h2-8,15,18H,1H3. The van der Waals surface area contributed by atoms with Gasteiger partial charge in [0.25, 0.3) is 0 Å². The molecule has 0 aliphatic heterocycles. The van der Waals surface area contributed by atoms with Crippen LogP contribution in [-0.2, 0) is 0 Å². The van der Waals surface area contributed by atoms with Gasteiger partial charge in [0.2, 0.25) is 0 Å². The molecule has 3 rings (SSSR count). The maximum Gasteiger partial charge on any atom is 0.138 e. The number of hydrogen-bond acceptors (Lipinski definition) is 3. The largest absolute Gasteiger partial charge is 0.458 e. The predicted octanol–water partition coefficient (Wildman–Crippen LogP) is 3.87. The number of benzene rings is 1. The summed E-state index contributed by atoms with van der Waals surface area (Å²) in [4.78, 5) is 3.89. The smallest absolute Gasteiger partial charge is 0.138 e. The van der Waals surface area contributed by atoms with E-state index in [1.54, 1.807) is 18.3 Å². The molecule has 0 fully saturated rings. The Balaban J connectivity index is 2.04. The number of aliphatic hydroxyl groups excluding tert-OH is 1. The number of nitrogens with zero attached hydrogens (tertiary/aromatic N) is 1. The fourth-order valence-corrected chi connectivity index (χ4v) is 2.25. The second-order valence-corrected chi connectivity index (χ2v) is 4.89. The molecule has 3 aromatic rings. The van der Waals surface area contributed by atoms with E-state index in [2.05, 4.69) is 4.98 Å². The molecule has 2 aromatic heterocycles. The monoisotopic (exact) mass is 273 g/mol. The quantitative estimate of drug-likeness (QED) is 0.721. The van der Waals surface area contributed by atoms with Gasteiger partial charge >= 0.3 is 0 Å². The number of aromatic nitrogens is 1. The minimum Gasteiger partial charge on any atom is -0.458 e. The fraction of sp³-hybridized carbons (Fsp3) is 0.133. The van der Waals surface area contributed by atoms with Crippen molar-refractivity contribution in [2.24, 2.45) is 0 Å². The van der Waals surface area contributed by atoms with Crippen LogP contribution in [0.3, 0.4) is 0 Å². The van der Waals surface area contributed by atoms with Gasteiger partial charge in [-0.25, -0.2) is 4.98 Å². The second kappa shape index (κ2) is 4.68. The molecule has 0 aliphatic rings. The van der Waals surface area contributed by atoms with Crippen LogP contribution in [0.5, 0.6) is 0 Å². The molecule has 2 heterocycles. The Bertz CT molecular complexity index is 736. The van der Waals surface area contributed by atoms with Crippen LogP contribution in [0.1, 0.15) is 23.0 Å². The van der Waals surface area contributed by atoms with Crippen molar-refractivity contribution in [3.8, 4) is 0 Å². The third kappa shape index (κ3) is 2.35. The first kappa shape index (κ1) is 12.2. The van der Waals surface area contributed by atoms with Crippen molar-refractivity contribution in [1.82, 2.24) is 4.98 Å². The molecule has 1 aromatic carbocycles. The van der Waals surface area contributed by atoms with Gasteiger partial charge in [-0.15, -0.1) is 0 Å². The number of aliphatic hydroxyl groups is 1. The van der Waals surface area contributed by atoms with Crippen molar-refractivity contribution in [2.75, 3.05) is 0 Å². The van der Waals surface area contributed by atoms with Gasteiger partial charge in [-0.05, 0) is 42.8 Å². The third-order valence-electron chi connectivity index (χ3n) is 3.03. The minimum atomic E-state index is -0.840. The lowest BCUT2D eigenvalue weighted by molar-refractivity contribution is 0.192. The zero-order valence-electron chi connectivity index (χ0n) is 10.3. The Kier molecular flexibility index (Phi) is 3.01. The molecular weight excluding hydrogens is 262 g/mol. The Morgan fingerprint density at radius 1 is 1.21 bits per heavy atom. The molecule has 1 unspecified atom stereocenters. The van der Waals surface area contributed by atoms with E-state index in [1.165, 1.54) is 0 Å². The van der Waals surface area contributed by atoms with E-state index >= 15 is 0 Å². The summed E-state index contributed by atoms with van der Waals surface area (Å²) in [6.45, 7) is 2.02. The van der Waals surface area contributed by atoms with Gasteiger partial charge < -0.3 is 9.52 Å². The summed E-state index contributed by atoms with van der Waals surface area (Å²) in [5.41, 5.74) is 2.58. The van der Waals surface area contributed by atoms with Crippen molar-refractivity contribution in [3.63, 3.8) is 0 Å². The van der Waals surface area contributed by atoms with Crippen LogP contribution in [0, 0.1) is 6.92 Å². The first-order chi connectivity index (χ1) is 9.13. The molecule has 0 amide bonds. The summed E-state index contributed by atoms with van der Waals surface area (Å²) in [6, 6.07) is 11.1. The van der Waals surface area contributed by atoms with Crippen LogP contribution >= 0.6 is 11.6 Å². The summed E-state index contributed by atoms with van der Waals surface area (Å²) >= 11 is 5.82. The zero-order chi connectivity index (χ0) is 13.4. The van der Waals surface area contributed by atoms with E-state index in [4.69, 9.17) is 16.0 Å². The van der Waals surface area contributed by atoms with Crippen LogP contribution in [0.4, 0.5) is 0 Å². The van der Waals surface area contributed by atoms with Crippen molar-refractivity contribution in [1.29, 1.82) is 0 Å². The highest BCUT2D eigenvalue weighted by Crippen LogP contribution is 2.29. The third-order valence-corrected chi connectivity index (χ3v) is 3.23. The highest BCUT2D eigenvalue weighted by molar-refractivity contribution is 6.29. The first-order valence-electron chi connectivity index (χ1n) is 5.93. The highest BCUT2D eigenvalue weighted by Gasteiger charge is 2.16. The lowest BCUT2D eigenvalue weighted by Gasteiger charge is -2.07. The summed E-state index contributed by atoms with van der Waals surface area (Å²) in [7, 11) is 0. The zero-order valence-corrected chi connectivity index (χ0v) is 11.1. The summed E-state index contributed by atoms with van der Waals surface area (Å²) in [6.07, 6.45) is 0.724. The van der Waals surface area contributed by atoms with Crippen molar-refractivity contribution in [3.05, 3.63) is 64.6 Å². The second-order valence-electron chi connectivity index (χ2n) is 4.50. The van der Waals surface area contributed by atoms with Crippen LogP contribution in [0.15, 0.2) is 47.0 Å². The van der Waals surface area contributed by atoms with Gasteiger partial charge in [0.1, 0.15) is 22.6 Å². The molecule has 3 nitrogen and oxygen atoms in total. The van der Waals surface area contributed by atoms with Gasteiger partial charge in [0, 0.05) is 11.6 Å². The molecule has 0 radical (unpaired) electrons. The topological polar surface area (TPSA) is 46.3 Å². The molecule has 4 heteroatoms. The number of halogens is 1. The van der Waals surface area contributed by atoms with Crippen LogP contribution in [0.2, 0.25) is 5.15 Å². The van der Waals surface area contributed by atoms with E-state index in [0.717, 1.165) is 16.5 Å². The number of rotatable bonds is 2.